The largest absolute Gasteiger partial charge is 0.468 e. The molecule has 2 atom stereocenters. The second kappa shape index (κ2) is 4.70. The van der Waals surface area contributed by atoms with E-state index in [1.807, 2.05) is 24.3 Å². The van der Waals surface area contributed by atoms with Crippen LogP contribution in [0, 0.1) is 5.41 Å². The topological polar surface area (TPSA) is 52.6 Å². The fourth-order valence-electron chi connectivity index (χ4n) is 4.05. The van der Waals surface area contributed by atoms with E-state index in [4.69, 9.17) is 9.47 Å². The molecule has 3 rings (SSSR count). The third-order valence-electron chi connectivity index (χ3n) is 5.11. The van der Waals surface area contributed by atoms with Crippen LogP contribution in [0.25, 0.3) is 0 Å². The molecular weight excluding hydrogens is 280 g/mol. The Labute approximate surface area is 130 Å². The predicted octanol–water partition coefficient (Wildman–Crippen LogP) is 2.51. The molecule has 0 unspecified atom stereocenters. The zero-order valence-corrected chi connectivity index (χ0v) is 13.3. The summed E-state index contributed by atoms with van der Waals surface area (Å²) < 4.78 is 10.0. The Morgan fingerprint density at radius 2 is 1.91 bits per heavy atom. The number of hydrogen-bond donors (Lipinski definition) is 0. The van der Waals surface area contributed by atoms with E-state index in [2.05, 4.69) is 13.8 Å². The summed E-state index contributed by atoms with van der Waals surface area (Å²) in [5.74, 6) is -1.05. The minimum absolute atomic E-state index is 0.275. The van der Waals surface area contributed by atoms with Crippen LogP contribution in [0.5, 0.6) is 0 Å². The van der Waals surface area contributed by atoms with Crippen LogP contribution in [-0.2, 0) is 30.9 Å². The van der Waals surface area contributed by atoms with Gasteiger partial charge in [0.1, 0.15) is 11.3 Å². The van der Waals surface area contributed by atoms with Gasteiger partial charge in [-0.25, -0.2) is 0 Å². The lowest BCUT2D eigenvalue weighted by atomic mass is 9.61. The van der Waals surface area contributed by atoms with Crippen LogP contribution in [0.1, 0.15) is 36.5 Å². The smallest absolute Gasteiger partial charge is 0.320 e. The van der Waals surface area contributed by atoms with Gasteiger partial charge in [-0.05, 0) is 28.5 Å². The average Bonchev–Trinajstić information content (AvgIpc) is 2.75. The predicted molar refractivity (Wildman–Crippen MR) is 81.5 cm³/mol. The molecule has 0 N–H and O–H groups in total. The summed E-state index contributed by atoms with van der Waals surface area (Å²) >= 11 is 0. The fraction of sp³-hybridized carbons (Fsp3) is 0.444. The lowest BCUT2D eigenvalue weighted by Crippen LogP contribution is -2.47. The molecule has 0 bridgehead atoms. The minimum Gasteiger partial charge on any atom is -0.468 e. The highest BCUT2D eigenvalue weighted by molar-refractivity contribution is 5.93. The number of methoxy groups -OCH3 is 2. The zero-order chi connectivity index (χ0) is 16.1. The Bertz CT molecular complexity index is 686. The molecule has 0 saturated heterocycles. The molecule has 116 valence electrons. The molecule has 1 aromatic carbocycles. The Morgan fingerprint density at radius 1 is 1.18 bits per heavy atom. The maximum atomic E-state index is 12.7. The Balaban J connectivity index is 2.30. The monoisotopic (exact) mass is 300 g/mol. The molecule has 0 spiro atoms. The molecule has 4 nitrogen and oxygen atoms in total. The molecular formula is C18H20O4. The minimum atomic E-state index is -0.835. The second-order valence-electron chi connectivity index (χ2n) is 6.60. The molecule has 2 aliphatic carbocycles. The van der Waals surface area contributed by atoms with Gasteiger partial charge in [0.2, 0.25) is 0 Å². The Morgan fingerprint density at radius 3 is 2.55 bits per heavy atom. The summed E-state index contributed by atoms with van der Waals surface area (Å²) in [6.45, 7) is 4.13. The number of hydrogen-bond acceptors (Lipinski definition) is 4. The van der Waals surface area contributed by atoms with E-state index >= 15 is 0 Å². The van der Waals surface area contributed by atoms with Gasteiger partial charge in [0.25, 0.3) is 0 Å². The lowest BCUT2D eigenvalue weighted by molar-refractivity contribution is -0.150. The third kappa shape index (κ3) is 1.64. The highest BCUT2D eigenvalue weighted by Crippen LogP contribution is 2.57. The van der Waals surface area contributed by atoms with Gasteiger partial charge in [-0.2, -0.15) is 0 Å². The van der Waals surface area contributed by atoms with Crippen molar-refractivity contribution in [2.45, 2.75) is 31.6 Å². The second-order valence-corrected chi connectivity index (χ2v) is 6.60. The average molecular weight is 300 g/mol. The number of carbonyl (C=O) groups excluding carboxylic acids is 2. The van der Waals surface area contributed by atoms with Gasteiger partial charge in [0, 0.05) is 0 Å². The molecule has 0 aliphatic heterocycles. The highest BCUT2D eigenvalue weighted by Gasteiger charge is 2.59. The van der Waals surface area contributed by atoms with Crippen molar-refractivity contribution >= 4 is 11.9 Å². The molecule has 0 aromatic heterocycles. The van der Waals surface area contributed by atoms with Crippen LogP contribution in [0.15, 0.2) is 30.4 Å². The van der Waals surface area contributed by atoms with Crippen LogP contribution < -0.4 is 0 Å². The van der Waals surface area contributed by atoms with Crippen LogP contribution >= 0.6 is 0 Å². The maximum Gasteiger partial charge on any atom is 0.320 e. The third-order valence-corrected chi connectivity index (χ3v) is 5.11. The molecule has 0 fully saturated rings. The van der Waals surface area contributed by atoms with E-state index in [-0.39, 0.29) is 17.4 Å². The van der Waals surface area contributed by atoms with Gasteiger partial charge < -0.3 is 9.47 Å². The van der Waals surface area contributed by atoms with Gasteiger partial charge >= 0.3 is 11.9 Å². The van der Waals surface area contributed by atoms with Gasteiger partial charge in [0.15, 0.2) is 0 Å². The first-order valence-electron chi connectivity index (χ1n) is 7.37. The normalized spacial score (nSPS) is 27.2. The standard InChI is InChI=1S/C18H20O4/c1-17(2)10-11-6-5-7-12-13(15(19)21-3)8-9-18(17,14(11)12)16(20)22-4/h5-9,13H,10H2,1-4H3/t13-,18+/m1/s1. The van der Waals surface area contributed by atoms with Crippen molar-refractivity contribution in [2.75, 3.05) is 14.2 Å². The summed E-state index contributed by atoms with van der Waals surface area (Å²) in [6.07, 6.45) is 4.39. The van der Waals surface area contributed by atoms with Crippen LogP contribution in [-0.4, -0.2) is 26.2 Å². The van der Waals surface area contributed by atoms with E-state index < -0.39 is 11.3 Å². The summed E-state index contributed by atoms with van der Waals surface area (Å²) in [7, 11) is 2.79. The van der Waals surface area contributed by atoms with Crippen LogP contribution in [0.2, 0.25) is 0 Å². The van der Waals surface area contributed by atoms with Gasteiger partial charge in [-0.1, -0.05) is 44.2 Å². The molecule has 0 saturated carbocycles. The van der Waals surface area contributed by atoms with Crippen molar-refractivity contribution in [2.24, 2.45) is 5.41 Å². The first-order chi connectivity index (χ1) is 10.4. The maximum absolute atomic E-state index is 12.7. The summed E-state index contributed by atoms with van der Waals surface area (Å²) in [6, 6.07) is 5.87. The van der Waals surface area contributed by atoms with Crippen molar-refractivity contribution in [1.29, 1.82) is 0 Å². The highest BCUT2D eigenvalue weighted by atomic mass is 16.5. The van der Waals surface area contributed by atoms with Gasteiger partial charge in [-0.3, -0.25) is 9.59 Å². The molecule has 1 aromatic rings. The molecule has 4 heteroatoms. The van der Waals surface area contributed by atoms with Crippen LogP contribution in [0.4, 0.5) is 0 Å². The molecule has 0 amide bonds. The van der Waals surface area contributed by atoms with E-state index in [9.17, 15) is 9.59 Å². The van der Waals surface area contributed by atoms with Crippen molar-refractivity contribution in [1.82, 2.24) is 0 Å². The van der Waals surface area contributed by atoms with Gasteiger partial charge in [0.05, 0.1) is 14.2 Å². The lowest BCUT2D eigenvalue weighted by Gasteiger charge is -2.40. The van der Waals surface area contributed by atoms with Crippen LogP contribution in [0.3, 0.4) is 0 Å². The quantitative estimate of drug-likeness (QED) is 0.622. The fourth-order valence-corrected chi connectivity index (χ4v) is 4.05. The first-order valence-corrected chi connectivity index (χ1v) is 7.37. The zero-order valence-electron chi connectivity index (χ0n) is 13.3. The van der Waals surface area contributed by atoms with E-state index in [0.29, 0.717) is 0 Å². The van der Waals surface area contributed by atoms with Crippen molar-refractivity contribution in [3.8, 4) is 0 Å². The number of benzene rings is 1. The SMILES string of the molecule is COC(=O)[C@@H]1C=C[C@@]2(C(=O)OC)c3c(cccc31)CC2(C)C. The van der Waals surface area contributed by atoms with Crippen molar-refractivity contribution in [3.05, 3.63) is 47.0 Å². The number of rotatable bonds is 2. The van der Waals surface area contributed by atoms with E-state index in [1.54, 1.807) is 6.08 Å². The van der Waals surface area contributed by atoms with E-state index in [1.165, 1.54) is 14.2 Å². The summed E-state index contributed by atoms with van der Waals surface area (Å²) in [5, 5.41) is 0. The molecule has 22 heavy (non-hydrogen) atoms. The molecule has 0 heterocycles. The number of ether oxygens (including phenoxy) is 2. The Kier molecular flexibility index (Phi) is 3.17. The molecule has 2 aliphatic rings. The summed E-state index contributed by atoms with van der Waals surface area (Å²) in [4.78, 5) is 24.8. The first kappa shape index (κ1) is 14.8. The van der Waals surface area contributed by atoms with Crippen molar-refractivity contribution in [3.63, 3.8) is 0 Å². The number of esters is 2. The summed E-state index contributed by atoms with van der Waals surface area (Å²) in [5.41, 5.74) is 1.73. The van der Waals surface area contributed by atoms with Gasteiger partial charge in [-0.15, -0.1) is 0 Å². The van der Waals surface area contributed by atoms with E-state index in [0.717, 1.165) is 23.1 Å². The Hall–Kier alpha value is -2.10. The number of carbonyl (C=O) groups is 2. The van der Waals surface area contributed by atoms with Crippen molar-refractivity contribution < 1.29 is 19.1 Å². The molecule has 0 radical (unpaired) electrons.